The molecule has 0 amide bonds. The molecular weight excluding hydrogens is 526 g/mol. The van der Waals surface area contributed by atoms with Gasteiger partial charge in [-0.25, -0.2) is 0 Å². The van der Waals surface area contributed by atoms with Gasteiger partial charge < -0.3 is 19.4 Å². The van der Waals surface area contributed by atoms with Gasteiger partial charge in [-0.1, -0.05) is 84.5 Å². The summed E-state index contributed by atoms with van der Waals surface area (Å²) < 4.78 is 6.07. The number of aromatic hydroxyl groups is 2. The van der Waals surface area contributed by atoms with Crippen LogP contribution < -0.4 is 4.74 Å². The Morgan fingerprint density at radius 2 is 1.07 bits per heavy atom. The third-order valence-electron chi connectivity index (χ3n) is 8.86. The summed E-state index contributed by atoms with van der Waals surface area (Å²) in [5, 5.41) is 21.5. The first-order chi connectivity index (χ1) is 20.2. The molecule has 2 aromatic carbocycles. The van der Waals surface area contributed by atoms with E-state index in [1.165, 1.54) is 103 Å². The minimum absolute atomic E-state index is 0.0268. The molecule has 1 unspecified atom stereocenters. The predicted octanol–water partition coefficient (Wildman–Crippen LogP) is 8.72. The number of rotatable bonds is 20. The molecule has 0 saturated heterocycles. The van der Waals surface area contributed by atoms with E-state index in [9.17, 15) is 19.8 Å². The summed E-state index contributed by atoms with van der Waals surface area (Å²) in [6.07, 6.45) is 19.0. The lowest BCUT2D eigenvalue weighted by atomic mass is 9.82. The van der Waals surface area contributed by atoms with E-state index in [2.05, 4.69) is 20.9 Å². The summed E-state index contributed by atoms with van der Waals surface area (Å²) in [7, 11) is 3.74. The molecule has 6 nitrogen and oxygen atoms in total. The van der Waals surface area contributed by atoms with Crippen LogP contribution in [0.5, 0.6) is 17.2 Å². The van der Waals surface area contributed by atoms with Crippen molar-refractivity contribution in [3.05, 3.63) is 52.1 Å². The summed E-state index contributed by atoms with van der Waals surface area (Å²) in [4.78, 5) is 26.9. The molecule has 0 bridgehead atoms. The Labute approximate surface area is 253 Å². The van der Waals surface area contributed by atoms with Crippen molar-refractivity contribution >= 4 is 11.6 Å². The molecule has 0 heterocycles. The molecule has 42 heavy (non-hydrogen) atoms. The number of benzene rings is 2. The summed E-state index contributed by atoms with van der Waals surface area (Å²) >= 11 is 0. The number of ketones is 2. The van der Waals surface area contributed by atoms with Crippen LogP contribution in [0.25, 0.3) is 0 Å². The van der Waals surface area contributed by atoms with Crippen molar-refractivity contribution in [3.63, 3.8) is 0 Å². The summed E-state index contributed by atoms with van der Waals surface area (Å²) in [5.74, 6) is -1.13. The SMILES string of the molecule is CCCCCCCCCC[N+](C)(CCCCCCCCC)Cc1cc(O)c2c(c1)C(=O)c1cc(OC)cc(O)c1C2=O. The lowest BCUT2D eigenvalue weighted by molar-refractivity contribution is -0.923. The predicted molar refractivity (Wildman–Crippen MR) is 170 cm³/mol. The lowest BCUT2D eigenvalue weighted by Gasteiger charge is -2.35. The molecule has 3 rings (SSSR count). The van der Waals surface area contributed by atoms with Crippen LogP contribution in [-0.4, -0.2) is 53.5 Å². The molecule has 0 spiro atoms. The maximum Gasteiger partial charge on any atom is 0.201 e. The Morgan fingerprint density at radius 3 is 1.57 bits per heavy atom. The molecular formula is C36H54NO5+. The fourth-order valence-electron chi connectivity index (χ4n) is 6.39. The average Bonchev–Trinajstić information content (AvgIpc) is 2.96. The number of quaternary nitrogens is 1. The van der Waals surface area contributed by atoms with Crippen molar-refractivity contribution in [2.75, 3.05) is 27.2 Å². The smallest absolute Gasteiger partial charge is 0.201 e. The van der Waals surface area contributed by atoms with Crippen molar-refractivity contribution in [2.24, 2.45) is 0 Å². The highest BCUT2D eigenvalue weighted by atomic mass is 16.5. The summed E-state index contributed by atoms with van der Waals surface area (Å²) in [6, 6.07) is 6.23. The quantitative estimate of drug-likeness (QED) is 0.103. The Hall–Kier alpha value is -2.86. The van der Waals surface area contributed by atoms with Gasteiger partial charge in [0.25, 0.3) is 0 Å². The van der Waals surface area contributed by atoms with E-state index in [4.69, 9.17) is 4.74 Å². The normalized spacial score (nSPS) is 14.0. The van der Waals surface area contributed by atoms with Gasteiger partial charge in [0.1, 0.15) is 23.8 Å². The minimum atomic E-state index is -0.539. The monoisotopic (exact) mass is 580 g/mol. The fourth-order valence-corrected chi connectivity index (χ4v) is 6.39. The average molecular weight is 581 g/mol. The van der Waals surface area contributed by atoms with Gasteiger partial charge in [0.15, 0.2) is 5.78 Å². The van der Waals surface area contributed by atoms with Gasteiger partial charge in [0.2, 0.25) is 5.78 Å². The van der Waals surface area contributed by atoms with Crippen LogP contribution in [0.3, 0.4) is 0 Å². The first kappa shape index (κ1) is 33.6. The minimum Gasteiger partial charge on any atom is -0.507 e. The summed E-state index contributed by atoms with van der Waals surface area (Å²) in [6.45, 7) is 7.27. The zero-order valence-corrected chi connectivity index (χ0v) is 26.6. The van der Waals surface area contributed by atoms with E-state index in [-0.39, 0.29) is 39.5 Å². The maximum absolute atomic E-state index is 13.6. The third kappa shape index (κ3) is 9.07. The number of phenols is 2. The van der Waals surface area contributed by atoms with Crippen LogP contribution in [0.2, 0.25) is 0 Å². The largest absolute Gasteiger partial charge is 0.507 e. The first-order valence-corrected chi connectivity index (χ1v) is 16.4. The second kappa shape index (κ2) is 16.7. The number of nitrogens with zero attached hydrogens (tertiary/aromatic N) is 1. The molecule has 0 aromatic heterocycles. The van der Waals surface area contributed by atoms with Crippen LogP contribution in [0.15, 0.2) is 24.3 Å². The second-order valence-corrected chi connectivity index (χ2v) is 12.6. The molecule has 0 radical (unpaired) electrons. The maximum atomic E-state index is 13.6. The second-order valence-electron chi connectivity index (χ2n) is 12.6. The lowest BCUT2D eigenvalue weighted by Crippen LogP contribution is -2.44. The van der Waals surface area contributed by atoms with Crippen molar-refractivity contribution in [3.8, 4) is 17.2 Å². The number of unbranched alkanes of at least 4 members (excludes halogenated alkanes) is 13. The highest BCUT2D eigenvalue weighted by molar-refractivity contribution is 6.30. The number of fused-ring (bicyclic) bond motifs is 2. The van der Waals surface area contributed by atoms with Crippen LogP contribution in [-0.2, 0) is 6.54 Å². The molecule has 2 N–H and O–H groups in total. The molecule has 2 aromatic rings. The summed E-state index contributed by atoms with van der Waals surface area (Å²) in [5.41, 5.74) is 1.06. The van der Waals surface area contributed by atoms with Crippen LogP contribution in [0.1, 0.15) is 148 Å². The molecule has 232 valence electrons. The molecule has 0 fully saturated rings. The number of hydrogen-bond donors (Lipinski definition) is 2. The van der Waals surface area contributed by atoms with Crippen molar-refractivity contribution in [1.29, 1.82) is 0 Å². The Balaban J connectivity index is 1.75. The van der Waals surface area contributed by atoms with Crippen molar-refractivity contribution in [2.45, 2.75) is 117 Å². The number of hydrogen-bond acceptors (Lipinski definition) is 5. The van der Waals surface area contributed by atoms with E-state index in [0.717, 1.165) is 36.0 Å². The highest BCUT2D eigenvalue weighted by Gasteiger charge is 2.36. The number of carbonyl (C=O) groups excluding carboxylic acids is 2. The fraction of sp³-hybridized carbons (Fsp3) is 0.611. The first-order valence-electron chi connectivity index (χ1n) is 16.4. The van der Waals surface area contributed by atoms with E-state index in [0.29, 0.717) is 12.3 Å². The number of ether oxygens (including phenoxy) is 1. The van der Waals surface area contributed by atoms with Crippen molar-refractivity contribution in [1.82, 2.24) is 0 Å². The van der Waals surface area contributed by atoms with Gasteiger partial charge in [-0.2, -0.15) is 0 Å². The molecule has 1 aliphatic carbocycles. The zero-order valence-electron chi connectivity index (χ0n) is 26.6. The van der Waals surface area contributed by atoms with E-state index in [1.54, 1.807) is 12.1 Å². The van der Waals surface area contributed by atoms with Gasteiger partial charge >= 0.3 is 0 Å². The van der Waals surface area contributed by atoms with E-state index >= 15 is 0 Å². The van der Waals surface area contributed by atoms with Crippen LogP contribution >= 0.6 is 0 Å². The highest BCUT2D eigenvalue weighted by Crippen LogP contribution is 2.39. The third-order valence-corrected chi connectivity index (χ3v) is 8.86. The van der Waals surface area contributed by atoms with Crippen LogP contribution in [0, 0.1) is 0 Å². The Bertz CT molecular complexity index is 1190. The number of carbonyl (C=O) groups is 2. The van der Waals surface area contributed by atoms with Crippen molar-refractivity contribution < 1.29 is 29.0 Å². The number of methoxy groups -OCH3 is 1. The topological polar surface area (TPSA) is 83.8 Å². The molecule has 6 heteroatoms. The van der Waals surface area contributed by atoms with E-state index < -0.39 is 5.78 Å². The standard InChI is InChI=1S/C36H53NO5/c1-5-7-9-11-13-15-17-19-21-37(3,20-18-16-14-12-10-8-6-2)26-27-22-29-33(31(38)23-27)36(41)34-30(35(29)40)24-28(42-4)25-32(34)39/h22-25H,5-21,26H2,1-4H3,(H-,38,39,41)/p+1. The van der Waals surface area contributed by atoms with E-state index in [1.807, 2.05) is 0 Å². The Morgan fingerprint density at radius 1 is 0.619 bits per heavy atom. The molecule has 0 aliphatic heterocycles. The molecule has 1 atom stereocenters. The van der Waals surface area contributed by atoms with Gasteiger partial charge in [0.05, 0.1) is 38.4 Å². The Kier molecular flexibility index (Phi) is 13.4. The molecule has 1 aliphatic rings. The van der Waals surface area contributed by atoms with Gasteiger partial charge in [-0.15, -0.1) is 0 Å². The zero-order chi connectivity index (χ0) is 30.5. The van der Waals surface area contributed by atoms with Gasteiger partial charge in [0, 0.05) is 22.8 Å². The molecule has 0 saturated carbocycles. The van der Waals surface area contributed by atoms with Gasteiger partial charge in [-0.3, -0.25) is 9.59 Å². The number of phenolic OH excluding ortho intramolecular Hbond substituents is 2. The van der Waals surface area contributed by atoms with Crippen LogP contribution in [0.4, 0.5) is 0 Å². The van der Waals surface area contributed by atoms with Gasteiger partial charge in [-0.05, 0) is 43.9 Å².